The van der Waals surface area contributed by atoms with Gasteiger partial charge in [-0.25, -0.2) is 0 Å². The van der Waals surface area contributed by atoms with E-state index in [4.69, 9.17) is 5.73 Å². The molecule has 0 aromatic carbocycles. The molecule has 2 fully saturated rings. The summed E-state index contributed by atoms with van der Waals surface area (Å²) in [7, 11) is 1.90. The standard InChI is InChI=1S/C13H25N3O/c1-16-9-11(6-7-13(16)17)15-12-5-3-2-4-10(12)8-14/h10-12,15H,2-9,14H2,1H3. The van der Waals surface area contributed by atoms with Crippen LogP contribution in [0.2, 0.25) is 0 Å². The molecule has 0 aromatic heterocycles. The Morgan fingerprint density at radius 3 is 2.82 bits per heavy atom. The molecule has 98 valence electrons. The van der Waals surface area contributed by atoms with Gasteiger partial charge >= 0.3 is 0 Å². The second-order valence-corrected chi connectivity index (χ2v) is 5.56. The monoisotopic (exact) mass is 239 g/mol. The third kappa shape index (κ3) is 3.19. The molecule has 0 radical (unpaired) electrons. The maximum atomic E-state index is 11.4. The highest BCUT2D eigenvalue weighted by atomic mass is 16.2. The van der Waals surface area contributed by atoms with E-state index in [1.807, 2.05) is 11.9 Å². The number of hydrogen-bond donors (Lipinski definition) is 2. The highest BCUT2D eigenvalue weighted by Gasteiger charge is 2.29. The van der Waals surface area contributed by atoms with Crippen LogP contribution in [0.5, 0.6) is 0 Å². The van der Waals surface area contributed by atoms with Gasteiger partial charge in [-0.05, 0) is 31.7 Å². The highest BCUT2D eigenvalue weighted by Crippen LogP contribution is 2.24. The van der Waals surface area contributed by atoms with Crippen molar-refractivity contribution >= 4 is 5.91 Å². The summed E-state index contributed by atoms with van der Waals surface area (Å²) < 4.78 is 0. The van der Waals surface area contributed by atoms with E-state index in [0.29, 0.717) is 24.4 Å². The smallest absolute Gasteiger partial charge is 0.222 e. The van der Waals surface area contributed by atoms with Gasteiger partial charge in [0.2, 0.25) is 5.91 Å². The van der Waals surface area contributed by atoms with Crippen molar-refractivity contribution in [1.82, 2.24) is 10.2 Å². The second-order valence-electron chi connectivity index (χ2n) is 5.56. The van der Waals surface area contributed by atoms with Crippen molar-refractivity contribution in [3.8, 4) is 0 Å². The summed E-state index contributed by atoms with van der Waals surface area (Å²) in [4.78, 5) is 13.3. The summed E-state index contributed by atoms with van der Waals surface area (Å²) in [5.74, 6) is 0.911. The Bertz CT molecular complexity index is 269. The summed E-state index contributed by atoms with van der Waals surface area (Å²) in [5, 5.41) is 3.74. The van der Waals surface area contributed by atoms with E-state index in [1.165, 1.54) is 25.7 Å². The van der Waals surface area contributed by atoms with E-state index < -0.39 is 0 Å². The van der Waals surface area contributed by atoms with Crippen molar-refractivity contribution in [2.75, 3.05) is 20.1 Å². The number of amides is 1. The van der Waals surface area contributed by atoms with Gasteiger partial charge in [0.05, 0.1) is 0 Å². The second kappa shape index (κ2) is 5.83. The molecule has 0 spiro atoms. The summed E-state index contributed by atoms with van der Waals surface area (Å²) >= 11 is 0. The fourth-order valence-electron chi connectivity index (χ4n) is 3.16. The van der Waals surface area contributed by atoms with Gasteiger partial charge in [-0.3, -0.25) is 4.79 Å². The van der Waals surface area contributed by atoms with Gasteiger partial charge in [-0.2, -0.15) is 0 Å². The van der Waals surface area contributed by atoms with Gasteiger partial charge in [-0.15, -0.1) is 0 Å². The summed E-state index contributed by atoms with van der Waals surface area (Å²) in [6, 6.07) is 1.04. The SMILES string of the molecule is CN1CC(NC2CCCCC2CN)CCC1=O. The summed E-state index contributed by atoms with van der Waals surface area (Å²) in [6.07, 6.45) is 6.82. The number of likely N-dealkylation sites (tertiary alicyclic amines) is 1. The van der Waals surface area contributed by atoms with E-state index in [2.05, 4.69) is 5.32 Å². The predicted molar refractivity (Wildman–Crippen MR) is 68.6 cm³/mol. The minimum absolute atomic E-state index is 0.280. The van der Waals surface area contributed by atoms with Crippen molar-refractivity contribution in [2.24, 2.45) is 11.7 Å². The lowest BCUT2D eigenvalue weighted by Crippen LogP contribution is -2.53. The maximum Gasteiger partial charge on any atom is 0.222 e. The van der Waals surface area contributed by atoms with Gasteiger partial charge in [0.1, 0.15) is 0 Å². The molecular formula is C13H25N3O. The third-order valence-electron chi connectivity index (χ3n) is 4.29. The number of carbonyl (C=O) groups is 1. The van der Waals surface area contributed by atoms with Crippen molar-refractivity contribution in [1.29, 1.82) is 0 Å². The van der Waals surface area contributed by atoms with E-state index >= 15 is 0 Å². The molecule has 4 heteroatoms. The lowest BCUT2D eigenvalue weighted by atomic mass is 9.84. The molecule has 1 amide bonds. The van der Waals surface area contributed by atoms with Gasteiger partial charge in [0, 0.05) is 32.1 Å². The highest BCUT2D eigenvalue weighted by molar-refractivity contribution is 5.76. The Balaban J connectivity index is 1.85. The zero-order valence-corrected chi connectivity index (χ0v) is 10.8. The Morgan fingerprint density at radius 2 is 2.12 bits per heavy atom. The van der Waals surface area contributed by atoms with Crippen LogP contribution >= 0.6 is 0 Å². The fraction of sp³-hybridized carbons (Fsp3) is 0.923. The predicted octanol–water partition coefficient (Wildman–Crippen LogP) is 0.714. The molecule has 1 aliphatic heterocycles. The van der Waals surface area contributed by atoms with Gasteiger partial charge in [0.25, 0.3) is 0 Å². The van der Waals surface area contributed by atoms with Crippen molar-refractivity contribution in [3.63, 3.8) is 0 Å². The topological polar surface area (TPSA) is 58.4 Å². The van der Waals surface area contributed by atoms with Crippen LogP contribution in [0, 0.1) is 5.92 Å². The first kappa shape index (κ1) is 12.8. The Hall–Kier alpha value is -0.610. The van der Waals surface area contributed by atoms with Crippen LogP contribution in [0.1, 0.15) is 38.5 Å². The number of hydrogen-bond acceptors (Lipinski definition) is 3. The Morgan fingerprint density at radius 1 is 1.35 bits per heavy atom. The molecule has 2 rings (SSSR count). The molecule has 2 aliphatic rings. The molecule has 3 unspecified atom stereocenters. The van der Waals surface area contributed by atoms with Crippen LogP contribution in [0.3, 0.4) is 0 Å². The minimum Gasteiger partial charge on any atom is -0.344 e. The molecule has 4 nitrogen and oxygen atoms in total. The number of piperidine rings is 1. The minimum atomic E-state index is 0.280. The van der Waals surface area contributed by atoms with Crippen LogP contribution < -0.4 is 11.1 Å². The number of carbonyl (C=O) groups excluding carboxylic acids is 1. The number of nitrogens with zero attached hydrogens (tertiary/aromatic N) is 1. The van der Waals surface area contributed by atoms with Crippen LogP contribution in [0.15, 0.2) is 0 Å². The summed E-state index contributed by atoms with van der Waals surface area (Å²) in [6.45, 7) is 1.64. The van der Waals surface area contributed by atoms with E-state index in [9.17, 15) is 4.79 Å². The van der Waals surface area contributed by atoms with Gasteiger partial charge in [-0.1, -0.05) is 12.8 Å². The van der Waals surface area contributed by atoms with Gasteiger partial charge < -0.3 is 16.0 Å². The number of rotatable bonds is 3. The number of nitrogens with two attached hydrogens (primary N) is 1. The lowest BCUT2D eigenvalue weighted by molar-refractivity contribution is -0.132. The van der Waals surface area contributed by atoms with Crippen molar-refractivity contribution in [3.05, 3.63) is 0 Å². The summed E-state index contributed by atoms with van der Waals surface area (Å²) in [5.41, 5.74) is 5.84. The first-order chi connectivity index (χ1) is 8.20. The third-order valence-corrected chi connectivity index (χ3v) is 4.29. The fourth-order valence-corrected chi connectivity index (χ4v) is 3.16. The molecule has 3 atom stereocenters. The van der Waals surface area contributed by atoms with E-state index in [-0.39, 0.29) is 5.91 Å². The van der Waals surface area contributed by atoms with Crippen LogP contribution in [-0.2, 0) is 4.79 Å². The molecule has 17 heavy (non-hydrogen) atoms. The molecular weight excluding hydrogens is 214 g/mol. The first-order valence-corrected chi connectivity index (χ1v) is 6.90. The molecule has 0 bridgehead atoms. The van der Waals surface area contributed by atoms with E-state index in [0.717, 1.165) is 19.5 Å². The molecule has 1 saturated carbocycles. The molecule has 3 N–H and O–H groups in total. The van der Waals surface area contributed by atoms with Crippen LogP contribution in [0.4, 0.5) is 0 Å². The van der Waals surface area contributed by atoms with Crippen molar-refractivity contribution in [2.45, 2.75) is 50.6 Å². The average Bonchev–Trinajstić information content (AvgIpc) is 2.34. The quantitative estimate of drug-likeness (QED) is 0.763. The van der Waals surface area contributed by atoms with Crippen molar-refractivity contribution < 1.29 is 4.79 Å². The molecule has 0 aromatic rings. The largest absolute Gasteiger partial charge is 0.344 e. The normalized spacial score (nSPS) is 35.1. The lowest BCUT2D eigenvalue weighted by Gasteiger charge is -2.38. The average molecular weight is 239 g/mol. The number of nitrogens with one attached hydrogen (secondary N) is 1. The number of likely N-dealkylation sites (N-methyl/N-ethyl adjacent to an activating group) is 1. The molecule has 1 saturated heterocycles. The van der Waals surface area contributed by atoms with Crippen LogP contribution in [0.25, 0.3) is 0 Å². The Labute approximate surface area is 104 Å². The molecule has 1 aliphatic carbocycles. The van der Waals surface area contributed by atoms with Crippen LogP contribution in [-0.4, -0.2) is 43.0 Å². The Kier molecular flexibility index (Phi) is 4.40. The van der Waals surface area contributed by atoms with E-state index in [1.54, 1.807) is 0 Å². The molecule has 1 heterocycles. The maximum absolute atomic E-state index is 11.4. The first-order valence-electron chi connectivity index (χ1n) is 6.90. The zero-order valence-electron chi connectivity index (χ0n) is 10.8. The van der Waals surface area contributed by atoms with Gasteiger partial charge in [0.15, 0.2) is 0 Å². The zero-order chi connectivity index (χ0) is 12.3.